The highest BCUT2D eigenvalue weighted by atomic mass is 15.1. The maximum atomic E-state index is 9.28. The average molecular weight is 267 g/mol. The molecule has 0 heterocycles. The molecule has 1 atom stereocenters. The van der Waals surface area contributed by atoms with Gasteiger partial charge in [-0.3, -0.25) is 5.32 Å². The van der Waals surface area contributed by atoms with Crippen molar-refractivity contribution in [2.24, 2.45) is 5.92 Å². The summed E-state index contributed by atoms with van der Waals surface area (Å²) in [6.07, 6.45) is 3.22. The predicted octanol–water partition coefficient (Wildman–Crippen LogP) is 3.41. The molecule has 0 bridgehead atoms. The molecule has 0 saturated heterocycles. The van der Waals surface area contributed by atoms with E-state index in [9.17, 15) is 5.26 Å². The third-order valence-electron chi connectivity index (χ3n) is 3.33. The van der Waals surface area contributed by atoms with E-state index in [1.54, 1.807) is 0 Å². The van der Waals surface area contributed by atoms with Crippen LogP contribution < -0.4 is 5.32 Å². The van der Waals surface area contributed by atoms with Gasteiger partial charge in [0.2, 0.25) is 0 Å². The summed E-state index contributed by atoms with van der Waals surface area (Å²) >= 11 is 0. The van der Waals surface area contributed by atoms with Gasteiger partial charge in [-0.05, 0) is 59.0 Å². The Morgan fingerprint density at radius 2 is 1.84 bits per heavy atom. The quantitative estimate of drug-likeness (QED) is 0.616. The van der Waals surface area contributed by atoms with Crippen LogP contribution in [0.5, 0.6) is 0 Å². The van der Waals surface area contributed by atoms with Gasteiger partial charge in [-0.25, -0.2) is 0 Å². The highest BCUT2D eigenvalue weighted by molar-refractivity contribution is 5.04. The SMILES string of the molecule is CCN(CCCCC(C)(C#N)NC(C)C)CC(C)C. The summed E-state index contributed by atoms with van der Waals surface area (Å²) in [5, 5.41) is 12.7. The molecule has 1 N–H and O–H groups in total. The van der Waals surface area contributed by atoms with Gasteiger partial charge in [-0.2, -0.15) is 5.26 Å². The fourth-order valence-corrected chi connectivity index (χ4v) is 2.51. The Bertz CT molecular complexity index is 268. The zero-order valence-corrected chi connectivity index (χ0v) is 13.8. The van der Waals surface area contributed by atoms with Crippen LogP contribution in [0.4, 0.5) is 0 Å². The highest BCUT2D eigenvalue weighted by Gasteiger charge is 2.23. The van der Waals surface area contributed by atoms with Crippen LogP contribution in [0, 0.1) is 17.2 Å². The Kier molecular flexibility index (Phi) is 9.05. The second-order valence-corrected chi connectivity index (χ2v) is 6.49. The summed E-state index contributed by atoms with van der Waals surface area (Å²) in [4.78, 5) is 2.50. The number of hydrogen-bond acceptors (Lipinski definition) is 3. The van der Waals surface area contributed by atoms with E-state index in [1.165, 1.54) is 13.0 Å². The molecule has 0 aromatic carbocycles. The minimum absolute atomic E-state index is 0.359. The fourth-order valence-electron chi connectivity index (χ4n) is 2.51. The second-order valence-electron chi connectivity index (χ2n) is 6.49. The van der Waals surface area contributed by atoms with Crippen molar-refractivity contribution in [2.75, 3.05) is 19.6 Å². The van der Waals surface area contributed by atoms with Gasteiger partial charge in [0.05, 0.1) is 6.07 Å². The summed E-state index contributed by atoms with van der Waals surface area (Å²) in [5.41, 5.74) is -0.372. The van der Waals surface area contributed by atoms with E-state index < -0.39 is 0 Å². The summed E-state index contributed by atoms with van der Waals surface area (Å²) in [7, 11) is 0. The van der Waals surface area contributed by atoms with Crippen molar-refractivity contribution in [1.82, 2.24) is 10.2 Å². The first-order chi connectivity index (χ1) is 8.83. The first-order valence-electron chi connectivity index (χ1n) is 7.74. The third kappa shape index (κ3) is 9.02. The van der Waals surface area contributed by atoms with Gasteiger partial charge in [0.25, 0.3) is 0 Å². The van der Waals surface area contributed by atoms with E-state index in [2.05, 4.69) is 50.9 Å². The number of rotatable bonds is 10. The van der Waals surface area contributed by atoms with E-state index in [0.29, 0.717) is 6.04 Å². The number of nitrogens with one attached hydrogen (secondary N) is 1. The average Bonchev–Trinajstić information content (AvgIpc) is 2.31. The van der Waals surface area contributed by atoms with Crippen molar-refractivity contribution in [3.8, 4) is 6.07 Å². The van der Waals surface area contributed by atoms with E-state index in [1.807, 2.05) is 6.92 Å². The molecule has 0 spiro atoms. The summed E-state index contributed by atoms with van der Waals surface area (Å²) < 4.78 is 0. The second kappa shape index (κ2) is 9.34. The van der Waals surface area contributed by atoms with Crippen molar-refractivity contribution in [1.29, 1.82) is 5.26 Å². The van der Waals surface area contributed by atoms with Crippen molar-refractivity contribution in [3.05, 3.63) is 0 Å². The van der Waals surface area contributed by atoms with Crippen LogP contribution in [-0.4, -0.2) is 36.1 Å². The standard InChI is InChI=1S/C16H33N3/c1-7-19(12-14(2)3)11-9-8-10-16(6,13-17)18-15(4)5/h14-15,18H,7-12H2,1-6H3. The molecule has 0 rings (SSSR count). The van der Waals surface area contributed by atoms with Crippen molar-refractivity contribution >= 4 is 0 Å². The minimum Gasteiger partial charge on any atom is -0.303 e. The molecule has 1 unspecified atom stereocenters. The molecule has 0 aliphatic rings. The lowest BCUT2D eigenvalue weighted by Crippen LogP contribution is -2.45. The van der Waals surface area contributed by atoms with E-state index in [-0.39, 0.29) is 5.54 Å². The molecule has 0 fully saturated rings. The lowest BCUT2D eigenvalue weighted by atomic mass is 9.95. The number of unbranched alkanes of at least 4 members (excludes halogenated alkanes) is 1. The summed E-state index contributed by atoms with van der Waals surface area (Å²) in [5.74, 6) is 0.729. The molecular weight excluding hydrogens is 234 g/mol. The van der Waals surface area contributed by atoms with Gasteiger partial charge in [-0.15, -0.1) is 0 Å². The maximum absolute atomic E-state index is 9.28. The largest absolute Gasteiger partial charge is 0.303 e. The monoisotopic (exact) mass is 267 g/mol. The van der Waals surface area contributed by atoms with Gasteiger partial charge < -0.3 is 4.90 Å². The van der Waals surface area contributed by atoms with Crippen LogP contribution in [0.3, 0.4) is 0 Å². The molecule has 112 valence electrons. The molecule has 0 amide bonds. The fraction of sp³-hybridized carbons (Fsp3) is 0.938. The molecule has 19 heavy (non-hydrogen) atoms. The Morgan fingerprint density at radius 3 is 2.26 bits per heavy atom. The molecule has 0 aromatic heterocycles. The van der Waals surface area contributed by atoms with E-state index in [0.717, 1.165) is 31.8 Å². The van der Waals surface area contributed by atoms with Gasteiger partial charge >= 0.3 is 0 Å². The van der Waals surface area contributed by atoms with Gasteiger partial charge in [0.1, 0.15) is 5.54 Å². The first-order valence-corrected chi connectivity index (χ1v) is 7.74. The molecular formula is C16H33N3. The number of hydrogen-bond donors (Lipinski definition) is 1. The van der Waals surface area contributed by atoms with Gasteiger partial charge in [0.15, 0.2) is 0 Å². The first kappa shape index (κ1) is 18.4. The number of nitriles is 1. The Morgan fingerprint density at radius 1 is 1.21 bits per heavy atom. The van der Waals surface area contributed by atoms with Crippen LogP contribution in [0.1, 0.15) is 60.8 Å². The third-order valence-corrected chi connectivity index (χ3v) is 3.33. The van der Waals surface area contributed by atoms with Crippen molar-refractivity contribution < 1.29 is 0 Å². The lowest BCUT2D eigenvalue weighted by molar-refractivity contribution is 0.246. The summed E-state index contributed by atoms with van der Waals surface area (Å²) in [6, 6.07) is 2.78. The molecule has 3 heteroatoms. The van der Waals surface area contributed by atoms with Crippen LogP contribution >= 0.6 is 0 Å². The van der Waals surface area contributed by atoms with Crippen LogP contribution in [-0.2, 0) is 0 Å². The zero-order chi connectivity index (χ0) is 14.9. The zero-order valence-electron chi connectivity index (χ0n) is 13.8. The molecule has 0 aliphatic carbocycles. The lowest BCUT2D eigenvalue weighted by Gasteiger charge is -2.27. The van der Waals surface area contributed by atoms with Crippen LogP contribution in [0.2, 0.25) is 0 Å². The molecule has 0 radical (unpaired) electrons. The predicted molar refractivity (Wildman–Crippen MR) is 83.1 cm³/mol. The topological polar surface area (TPSA) is 39.1 Å². The molecule has 0 aliphatic heterocycles. The summed E-state index contributed by atoms with van der Waals surface area (Å²) in [6.45, 7) is 16.4. The highest BCUT2D eigenvalue weighted by Crippen LogP contribution is 2.14. The van der Waals surface area contributed by atoms with Gasteiger partial charge in [0, 0.05) is 12.6 Å². The van der Waals surface area contributed by atoms with E-state index >= 15 is 0 Å². The van der Waals surface area contributed by atoms with Crippen molar-refractivity contribution in [2.45, 2.75) is 72.4 Å². The molecule has 3 nitrogen and oxygen atoms in total. The minimum atomic E-state index is -0.372. The van der Waals surface area contributed by atoms with Crippen LogP contribution in [0.15, 0.2) is 0 Å². The Hall–Kier alpha value is -0.590. The molecule has 0 saturated carbocycles. The Labute approximate surface area is 120 Å². The van der Waals surface area contributed by atoms with E-state index in [4.69, 9.17) is 0 Å². The Balaban J connectivity index is 3.97. The smallest absolute Gasteiger partial charge is 0.104 e. The maximum Gasteiger partial charge on any atom is 0.104 e. The normalized spacial score (nSPS) is 14.9. The van der Waals surface area contributed by atoms with Crippen molar-refractivity contribution in [3.63, 3.8) is 0 Å². The van der Waals surface area contributed by atoms with Crippen LogP contribution in [0.25, 0.3) is 0 Å². The van der Waals surface area contributed by atoms with Gasteiger partial charge in [-0.1, -0.05) is 20.8 Å². The number of nitrogens with zero attached hydrogens (tertiary/aromatic N) is 2. The molecule has 0 aromatic rings.